The summed E-state index contributed by atoms with van der Waals surface area (Å²) in [5, 5.41) is 3.40. The molecule has 0 saturated carbocycles. The molecule has 1 aromatic rings. The molecule has 3 heterocycles. The van der Waals surface area contributed by atoms with Gasteiger partial charge in [-0.3, -0.25) is 4.72 Å². The zero-order valence-corrected chi connectivity index (χ0v) is 12.1. The molecule has 8 heteroatoms. The van der Waals surface area contributed by atoms with Crippen LogP contribution in [-0.4, -0.2) is 38.4 Å². The lowest BCUT2D eigenvalue weighted by atomic mass is 10.2. The highest BCUT2D eigenvalue weighted by atomic mass is 32.2. The first-order valence-corrected chi connectivity index (χ1v) is 8.80. The highest BCUT2D eigenvalue weighted by molar-refractivity contribution is 7.93. The number of anilines is 1. The van der Waals surface area contributed by atoms with E-state index in [9.17, 15) is 8.42 Å². The standard InChI is InChI=1S/C11H17N3O3S2/c15-19(16,8-2-5-17-6-3-8)14-11-13-9-1-4-12-7-10(9)18-11/h8,12H,1-7H2,(H,13,14). The normalized spacial score (nSPS) is 21.1. The first kappa shape index (κ1) is 13.3. The predicted octanol–water partition coefficient (Wildman–Crippen LogP) is 0.709. The van der Waals surface area contributed by atoms with E-state index in [-0.39, 0.29) is 5.25 Å². The van der Waals surface area contributed by atoms with Gasteiger partial charge < -0.3 is 10.1 Å². The van der Waals surface area contributed by atoms with E-state index in [2.05, 4.69) is 15.0 Å². The minimum absolute atomic E-state index is 0.361. The van der Waals surface area contributed by atoms with Crippen LogP contribution in [0.15, 0.2) is 0 Å². The van der Waals surface area contributed by atoms with Crippen molar-refractivity contribution < 1.29 is 13.2 Å². The van der Waals surface area contributed by atoms with Crippen molar-refractivity contribution in [3.05, 3.63) is 10.6 Å². The van der Waals surface area contributed by atoms with Crippen molar-refractivity contribution in [2.24, 2.45) is 0 Å². The maximum atomic E-state index is 12.3. The second-order valence-corrected chi connectivity index (χ2v) is 7.82. The van der Waals surface area contributed by atoms with E-state index in [0.29, 0.717) is 31.2 Å². The second-order valence-electron chi connectivity index (χ2n) is 4.77. The average molecular weight is 303 g/mol. The maximum Gasteiger partial charge on any atom is 0.237 e. The molecule has 3 rings (SSSR count). The highest BCUT2D eigenvalue weighted by Crippen LogP contribution is 2.27. The van der Waals surface area contributed by atoms with E-state index >= 15 is 0 Å². The summed E-state index contributed by atoms with van der Waals surface area (Å²) >= 11 is 1.43. The summed E-state index contributed by atoms with van der Waals surface area (Å²) in [6.45, 7) is 2.72. The van der Waals surface area contributed by atoms with Gasteiger partial charge >= 0.3 is 0 Å². The zero-order valence-electron chi connectivity index (χ0n) is 10.5. The Hall–Kier alpha value is -0.700. The van der Waals surface area contributed by atoms with Crippen molar-refractivity contribution in [3.8, 4) is 0 Å². The topological polar surface area (TPSA) is 80.3 Å². The molecule has 2 aliphatic rings. The van der Waals surface area contributed by atoms with Crippen LogP contribution in [0.25, 0.3) is 0 Å². The zero-order chi connectivity index (χ0) is 13.3. The Morgan fingerprint density at radius 1 is 1.37 bits per heavy atom. The quantitative estimate of drug-likeness (QED) is 0.859. The van der Waals surface area contributed by atoms with Gasteiger partial charge in [-0.25, -0.2) is 13.4 Å². The van der Waals surface area contributed by atoms with E-state index < -0.39 is 10.0 Å². The molecule has 19 heavy (non-hydrogen) atoms. The van der Waals surface area contributed by atoms with Crippen LogP contribution in [0.5, 0.6) is 0 Å². The molecule has 0 atom stereocenters. The number of nitrogens with one attached hydrogen (secondary N) is 2. The van der Waals surface area contributed by atoms with E-state index in [1.54, 1.807) is 0 Å². The Kier molecular flexibility index (Phi) is 3.75. The fraction of sp³-hybridized carbons (Fsp3) is 0.727. The van der Waals surface area contributed by atoms with Crippen LogP contribution < -0.4 is 10.0 Å². The monoisotopic (exact) mass is 303 g/mol. The van der Waals surface area contributed by atoms with Crippen LogP contribution >= 0.6 is 11.3 Å². The molecule has 0 bridgehead atoms. The number of hydrogen-bond acceptors (Lipinski definition) is 6. The number of thiazole rings is 1. The third-order valence-corrected chi connectivity index (χ3v) is 6.41. The van der Waals surface area contributed by atoms with Gasteiger partial charge in [0.25, 0.3) is 0 Å². The Morgan fingerprint density at radius 3 is 2.89 bits per heavy atom. The van der Waals surface area contributed by atoms with Gasteiger partial charge in [-0.15, -0.1) is 0 Å². The van der Waals surface area contributed by atoms with Gasteiger partial charge in [0.1, 0.15) is 0 Å². The van der Waals surface area contributed by atoms with Gasteiger partial charge in [0, 0.05) is 37.6 Å². The van der Waals surface area contributed by atoms with Crippen LogP contribution in [0.3, 0.4) is 0 Å². The highest BCUT2D eigenvalue weighted by Gasteiger charge is 2.29. The Balaban J connectivity index is 1.74. The molecular formula is C11H17N3O3S2. The lowest BCUT2D eigenvalue weighted by Crippen LogP contribution is -2.33. The van der Waals surface area contributed by atoms with Crippen molar-refractivity contribution in [3.63, 3.8) is 0 Å². The van der Waals surface area contributed by atoms with Gasteiger partial charge in [0.05, 0.1) is 10.9 Å². The molecule has 1 aromatic heterocycles. The Bertz CT molecular complexity index is 526. The van der Waals surface area contributed by atoms with Crippen molar-refractivity contribution in [1.82, 2.24) is 10.3 Å². The van der Waals surface area contributed by atoms with E-state index in [1.807, 2.05) is 0 Å². The molecule has 2 aliphatic heterocycles. The number of rotatable bonds is 3. The van der Waals surface area contributed by atoms with Gasteiger partial charge in [0.2, 0.25) is 10.0 Å². The molecule has 1 saturated heterocycles. The largest absolute Gasteiger partial charge is 0.381 e. The Morgan fingerprint density at radius 2 is 2.16 bits per heavy atom. The van der Waals surface area contributed by atoms with Crippen LogP contribution in [0.4, 0.5) is 5.13 Å². The molecule has 0 unspecified atom stereocenters. The summed E-state index contributed by atoms with van der Waals surface area (Å²) in [5.41, 5.74) is 1.02. The van der Waals surface area contributed by atoms with Crippen molar-refractivity contribution in [2.75, 3.05) is 24.5 Å². The predicted molar refractivity (Wildman–Crippen MR) is 73.9 cm³/mol. The Labute approximate surface area is 116 Å². The van der Waals surface area contributed by atoms with Gasteiger partial charge in [-0.05, 0) is 12.8 Å². The number of ether oxygens (including phenoxy) is 1. The summed E-state index contributed by atoms with van der Waals surface area (Å²) in [5.74, 6) is 0. The summed E-state index contributed by atoms with van der Waals surface area (Å²) < 4.78 is 32.3. The van der Waals surface area contributed by atoms with E-state index in [4.69, 9.17) is 4.74 Å². The number of nitrogens with zero attached hydrogens (tertiary/aromatic N) is 1. The number of aromatic nitrogens is 1. The molecule has 0 aromatic carbocycles. The third kappa shape index (κ3) is 2.91. The molecule has 0 aliphatic carbocycles. The molecule has 106 valence electrons. The molecular weight excluding hydrogens is 286 g/mol. The second kappa shape index (κ2) is 5.35. The van der Waals surface area contributed by atoms with Crippen LogP contribution in [-0.2, 0) is 27.7 Å². The average Bonchev–Trinajstić information content (AvgIpc) is 2.81. The lowest BCUT2D eigenvalue weighted by molar-refractivity contribution is 0.0984. The first-order valence-electron chi connectivity index (χ1n) is 6.44. The molecule has 0 radical (unpaired) electrons. The molecule has 1 fully saturated rings. The summed E-state index contributed by atoms with van der Waals surface area (Å²) in [6.07, 6.45) is 1.98. The molecule has 0 spiro atoms. The van der Waals surface area contributed by atoms with Crippen molar-refractivity contribution >= 4 is 26.5 Å². The lowest BCUT2D eigenvalue weighted by Gasteiger charge is -2.21. The van der Waals surface area contributed by atoms with E-state index in [1.165, 1.54) is 11.3 Å². The fourth-order valence-corrected chi connectivity index (χ4v) is 4.97. The smallest absolute Gasteiger partial charge is 0.237 e. The van der Waals surface area contributed by atoms with Gasteiger partial charge in [0.15, 0.2) is 5.13 Å². The molecule has 0 amide bonds. The van der Waals surface area contributed by atoms with Crippen molar-refractivity contribution in [2.45, 2.75) is 31.1 Å². The number of hydrogen-bond donors (Lipinski definition) is 2. The van der Waals surface area contributed by atoms with E-state index in [0.717, 1.165) is 30.1 Å². The minimum Gasteiger partial charge on any atom is -0.381 e. The first-order chi connectivity index (χ1) is 9.15. The maximum absolute atomic E-state index is 12.3. The van der Waals surface area contributed by atoms with Crippen LogP contribution in [0, 0.1) is 0 Å². The molecule has 6 nitrogen and oxygen atoms in total. The van der Waals surface area contributed by atoms with Crippen molar-refractivity contribution in [1.29, 1.82) is 0 Å². The summed E-state index contributed by atoms with van der Waals surface area (Å²) in [7, 11) is -3.34. The number of fused-ring (bicyclic) bond motifs is 1. The van der Waals surface area contributed by atoms with Crippen LogP contribution in [0.1, 0.15) is 23.4 Å². The van der Waals surface area contributed by atoms with Gasteiger partial charge in [-0.2, -0.15) is 0 Å². The SMILES string of the molecule is O=S(=O)(Nc1nc2c(s1)CNCC2)C1CCOCC1. The summed E-state index contributed by atoms with van der Waals surface area (Å²) in [4.78, 5) is 5.52. The van der Waals surface area contributed by atoms with Gasteiger partial charge in [-0.1, -0.05) is 11.3 Å². The third-order valence-electron chi connectivity index (χ3n) is 3.44. The summed E-state index contributed by atoms with van der Waals surface area (Å²) in [6, 6.07) is 0. The minimum atomic E-state index is -3.34. The molecule has 2 N–H and O–H groups in total. The fourth-order valence-electron chi connectivity index (χ4n) is 2.36. The number of sulfonamides is 1. The van der Waals surface area contributed by atoms with Crippen LogP contribution in [0.2, 0.25) is 0 Å².